The Kier molecular flexibility index (Phi) is 15.5. The molecular weight excluding hydrogens is 754 g/mol. The van der Waals surface area contributed by atoms with Crippen molar-refractivity contribution in [1.82, 2.24) is 0 Å². The van der Waals surface area contributed by atoms with Crippen molar-refractivity contribution in [2.75, 3.05) is 6.16 Å². The summed E-state index contributed by atoms with van der Waals surface area (Å²) in [5.74, 6) is 0. The highest BCUT2D eigenvalue weighted by Crippen LogP contribution is 2.55. The number of unbranched alkanes of at least 4 members (excludes halogenated alkanes) is 2. The lowest BCUT2D eigenvalue weighted by atomic mass is 10.1. The van der Waals surface area contributed by atoms with Gasteiger partial charge in [0.15, 0.2) is 0 Å². The van der Waals surface area contributed by atoms with Crippen LogP contribution >= 0.6 is 7.26 Å². The first-order valence-electron chi connectivity index (χ1n) is 18.1. The third-order valence-electron chi connectivity index (χ3n) is 9.63. The van der Waals surface area contributed by atoms with Gasteiger partial charge in [-0.15, -0.1) is 0 Å². The second-order valence-corrected chi connectivity index (χ2v) is 21.8. The molecule has 260 valence electrons. The van der Waals surface area contributed by atoms with E-state index in [2.05, 4.69) is 204 Å². The van der Waals surface area contributed by atoms with E-state index in [0.717, 1.165) is 25.4 Å². The lowest BCUT2D eigenvalue weighted by Crippen LogP contribution is -3.00. The number of benzene rings is 5. The Hall–Kier alpha value is -3.08. The van der Waals surface area contributed by atoms with Crippen LogP contribution in [0.1, 0.15) is 59.8 Å². The van der Waals surface area contributed by atoms with E-state index in [9.17, 15) is 0 Å². The van der Waals surface area contributed by atoms with E-state index in [1.165, 1.54) is 39.1 Å². The molecule has 0 unspecified atom stereocenters. The van der Waals surface area contributed by atoms with E-state index in [4.69, 9.17) is 4.43 Å². The predicted octanol–water partition coefficient (Wildman–Crippen LogP) is 7.01. The lowest BCUT2D eigenvalue weighted by Gasteiger charge is -2.45. The third kappa shape index (κ3) is 9.42. The number of allylic oxidation sites excluding steroid dienone is 3. The SMILES string of the molecule is CCCCC[C@@H](/C=C/C=C/CC[P+](c1ccccc1)(c1ccccc1)c1ccccc1)O[Si](c1ccccc1)(c1ccccc1)C(C)(C)C.[I-]. The van der Waals surface area contributed by atoms with E-state index >= 15 is 0 Å². The fraction of sp³-hybridized carbons (Fsp3) is 0.261. The number of hydrogen-bond donors (Lipinski definition) is 0. The standard InChI is InChI=1S/C46H54OPSi.HI/c1-5-6-14-27-40(47-49(46(2,3)4,44-35-22-12-23-36-44)45-37-24-13-25-38-45)28-15-7-8-26-39-48(41-29-16-9-17-30-41,42-31-18-10-19-32-42)43-33-20-11-21-34-43;/h7-13,15-25,28-38,40H,5-6,14,26-27,39H2,1-4H3;1H/q+1;/p-1/b8-7+,28-15+;/t40-;/m0./s1. The van der Waals surface area contributed by atoms with Gasteiger partial charge in [-0.05, 0) is 58.2 Å². The van der Waals surface area contributed by atoms with Crippen LogP contribution in [0.3, 0.4) is 0 Å². The molecular formula is C46H54IOPSi. The summed E-state index contributed by atoms with van der Waals surface area (Å²) in [5.41, 5.74) is 0. The molecule has 0 saturated heterocycles. The van der Waals surface area contributed by atoms with Crippen molar-refractivity contribution in [2.24, 2.45) is 0 Å². The molecule has 0 aromatic heterocycles. The molecule has 0 aliphatic heterocycles. The van der Waals surface area contributed by atoms with Gasteiger partial charge in [-0.1, -0.05) is 187 Å². The molecule has 0 bridgehead atoms. The first-order valence-corrected chi connectivity index (χ1v) is 22.0. The van der Waals surface area contributed by atoms with E-state index in [1.807, 2.05) is 0 Å². The zero-order chi connectivity index (χ0) is 34.4. The molecule has 0 aliphatic carbocycles. The molecule has 5 aromatic rings. The molecule has 0 spiro atoms. The topological polar surface area (TPSA) is 9.23 Å². The Morgan fingerprint density at radius 1 is 0.600 bits per heavy atom. The minimum atomic E-state index is -2.66. The van der Waals surface area contributed by atoms with E-state index in [0.29, 0.717) is 0 Å². The Morgan fingerprint density at radius 3 is 1.42 bits per heavy atom. The van der Waals surface area contributed by atoms with Crippen molar-refractivity contribution in [3.8, 4) is 0 Å². The maximum atomic E-state index is 7.58. The van der Waals surface area contributed by atoms with Crippen molar-refractivity contribution in [2.45, 2.75) is 70.9 Å². The summed E-state index contributed by atoms with van der Waals surface area (Å²) < 4.78 is 7.58. The fourth-order valence-corrected chi connectivity index (χ4v) is 16.1. The molecule has 0 fully saturated rings. The van der Waals surface area contributed by atoms with Gasteiger partial charge in [0.2, 0.25) is 0 Å². The molecule has 0 N–H and O–H groups in total. The average molecular weight is 809 g/mol. The zero-order valence-corrected chi connectivity index (χ0v) is 34.3. The summed E-state index contributed by atoms with van der Waals surface area (Å²) in [6.07, 6.45) is 15.9. The largest absolute Gasteiger partial charge is 1.00 e. The molecule has 5 aromatic carbocycles. The van der Waals surface area contributed by atoms with Gasteiger partial charge in [0.25, 0.3) is 8.32 Å². The molecule has 4 heteroatoms. The summed E-state index contributed by atoms with van der Waals surface area (Å²) in [6.45, 7) is 9.38. The molecule has 0 amide bonds. The first-order chi connectivity index (χ1) is 23.9. The van der Waals surface area contributed by atoms with Gasteiger partial charge in [0, 0.05) is 6.42 Å². The van der Waals surface area contributed by atoms with Crippen molar-refractivity contribution in [1.29, 1.82) is 0 Å². The van der Waals surface area contributed by atoms with Crippen LogP contribution in [0.25, 0.3) is 0 Å². The third-order valence-corrected chi connectivity index (χ3v) is 19.2. The molecule has 0 radical (unpaired) electrons. The summed E-state index contributed by atoms with van der Waals surface area (Å²) in [6, 6.07) is 55.6. The Morgan fingerprint density at radius 2 is 1.02 bits per heavy atom. The maximum absolute atomic E-state index is 7.58. The minimum Gasteiger partial charge on any atom is -1.00 e. The molecule has 50 heavy (non-hydrogen) atoms. The molecule has 1 nitrogen and oxygen atoms in total. The Labute approximate surface area is 321 Å². The molecule has 0 heterocycles. The van der Waals surface area contributed by atoms with Gasteiger partial charge in [0.05, 0.1) is 12.3 Å². The highest BCUT2D eigenvalue weighted by atomic mass is 127. The van der Waals surface area contributed by atoms with Crippen molar-refractivity contribution in [3.05, 3.63) is 176 Å². The van der Waals surface area contributed by atoms with Gasteiger partial charge in [0.1, 0.15) is 23.2 Å². The molecule has 0 aliphatic rings. The Bertz CT molecular complexity index is 1580. The van der Waals surface area contributed by atoms with E-state index < -0.39 is 15.6 Å². The normalized spacial score (nSPS) is 13.0. The molecule has 5 rings (SSSR count). The van der Waals surface area contributed by atoms with Crippen LogP contribution in [0.2, 0.25) is 5.04 Å². The van der Waals surface area contributed by atoms with Gasteiger partial charge >= 0.3 is 0 Å². The second kappa shape index (κ2) is 19.5. The van der Waals surface area contributed by atoms with Crippen LogP contribution in [-0.4, -0.2) is 20.6 Å². The van der Waals surface area contributed by atoms with Crippen molar-refractivity contribution >= 4 is 41.9 Å². The number of hydrogen-bond acceptors (Lipinski definition) is 1. The minimum absolute atomic E-state index is 0. The fourth-order valence-electron chi connectivity index (χ4n) is 7.22. The average Bonchev–Trinajstić information content (AvgIpc) is 3.15. The zero-order valence-electron chi connectivity index (χ0n) is 30.3. The van der Waals surface area contributed by atoms with E-state index in [-0.39, 0.29) is 35.1 Å². The van der Waals surface area contributed by atoms with Crippen LogP contribution in [-0.2, 0) is 4.43 Å². The van der Waals surface area contributed by atoms with Crippen LogP contribution in [0.5, 0.6) is 0 Å². The summed E-state index contributed by atoms with van der Waals surface area (Å²) in [5, 5.41) is 6.92. The van der Waals surface area contributed by atoms with Crippen molar-refractivity contribution < 1.29 is 28.4 Å². The predicted molar refractivity (Wildman–Crippen MR) is 220 cm³/mol. The maximum Gasteiger partial charge on any atom is 0.261 e. The number of rotatable bonds is 16. The lowest BCUT2D eigenvalue weighted by molar-refractivity contribution is -0.0000109. The van der Waals surface area contributed by atoms with E-state index in [1.54, 1.807) is 0 Å². The second-order valence-electron chi connectivity index (χ2n) is 14.0. The van der Waals surface area contributed by atoms with Gasteiger partial charge in [-0.25, -0.2) is 0 Å². The quantitative estimate of drug-likeness (QED) is 0.0343. The highest BCUT2D eigenvalue weighted by molar-refractivity contribution is 7.95. The Balaban J connectivity index is 0.00000562. The van der Waals surface area contributed by atoms with Crippen LogP contribution < -0.4 is 50.3 Å². The van der Waals surface area contributed by atoms with Crippen LogP contribution in [0, 0.1) is 0 Å². The summed E-state index contributed by atoms with van der Waals surface area (Å²) in [4.78, 5) is 0. The highest BCUT2D eigenvalue weighted by Gasteiger charge is 2.51. The molecule has 1 atom stereocenters. The van der Waals surface area contributed by atoms with Crippen molar-refractivity contribution in [3.63, 3.8) is 0 Å². The van der Waals surface area contributed by atoms with Gasteiger partial charge < -0.3 is 28.4 Å². The number of halogens is 1. The molecule has 0 saturated carbocycles. The van der Waals surface area contributed by atoms with Crippen LogP contribution in [0.15, 0.2) is 176 Å². The van der Waals surface area contributed by atoms with Gasteiger partial charge in [-0.3, -0.25) is 0 Å². The first kappa shape index (κ1) is 39.7. The van der Waals surface area contributed by atoms with Gasteiger partial charge in [-0.2, -0.15) is 0 Å². The smallest absolute Gasteiger partial charge is 0.261 e. The summed E-state index contributed by atoms with van der Waals surface area (Å²) >= 11 is 0. The van der Waals surface area contributed by atoms with Crippen LogP contribution in [0.4, 0.5) is 0 Å². The summed E-state index contributed by atoms with van der Waals surface area (Å²) in [7, 11) is -4.50. The monoisotopic (exact) mass is 808 g/mol.